The van der Waals surface area contributed by atoms with Crippen LogP contribution >= 0.6 is 0 Å². The Morgan fingerprint density at radius 2 is 2.50 bits per heavy atom. The molecule has 2 N–H and O–H groups in total. The van der Waals surface area contributed by atoms with Crippen molar-refractivity contribution in [2.24, 2.45) is 0 Å². The summed E-state index contributed by atoms with van der Waals surface area (Å²) in [6.07, 6.45) is 7.62. The molecule has 2 heterocycles. The third-order valence-corrected chi connectivity index (χ3v) is 2.63. The van der Waals surface area contributed by atoms with Crippen molar-refractivity contribution in [2.45, 2.75) is 25.3 Å². The lowest BCUT2D eigenvalue weighted by atomic mass is 10.1. The van der Waals surface area contributed by atoms with Crippen LogP contribution in [-0.4, -0.2) is 24.1 Å². The molecule has 3 heteroatoms. The number of hydrogen-bond acceptors (Lipinski definition) is 3. The molecule has 1 fully saturated rings. The van der Waals surface area contributed by atoms with Crippen LogP contribution in [0.5, 0.6) is 0 Å². The van der Waals surface area contributed by atoms with Crippen LogP contribution in [0, 0.1) is 0 Å². The van der Waals surface area contributed by atoms with E-state index in [0.717, 1.165) is 12.2 Å². The van der Waals surface area contributed by atoms with E-state index in [1.54, 1.807) is 6.20 Å². The summed E-state index contributed by atoms with van der Waals surface area (Å²) >= 11 is 0. The lowest BCUT2D eigenvalue weighted by molar-refractivity contribution is 0.414. The molecular weight excluding hydrogens is 174 g/mol. The number of aromatic nitrogens is 1. The molecule has 1 aromatic rings. The van der Waals surface area contributed by atoms with Crippen molar-refractivity contribution in [3.63, 3.8) is 0 Å². The van der Waals surface area contributed by atoms with Crippen LogP contribution in [0.15, 0.2) is 24.5 Å². The molecule has 1 aromatic heterocycles. The van der Waals surface area contributed by atoms with Gasteiger partial charge in [-0.15, -0.1) is 0 Å². The highest BCUT2D eigenvalue weighted by Crippen LogP contribution is 2.08. The van der Waals surface area contributed by atoms with Gasteiger partial charge in [0.2, 0.25) is 0 Å². The van der Waals surface area contributed by atoms with Crippen molar-refractivity contribution in [2.75, 3.05) is 18.4 Å². The zero-order chi connectivity index (χ0) is 9.64. The number of rotatable bonds is 3. The Hall–Kier alpha value is -1.09. The number of anilines is 1. The predicted octanol–water partition coefficient (Wildman–Crippen LogP) is 1.64. The highest BCUT2D eigenvalue weighted by molar-refractivity contribution is 5.39. The van der Waals surface area contributed by atoms with E-state index in [4.69, 9.17) is 0 Å². The van der Waals surface area contributed by atoms with E-state index >= 15 is 0 Å². The second-order valence-corrected chi connectivity index (χ2v) is 3.77. The number of nitrogens with zero attached hydrogens (tertiary/aromatic N) is 1. The van der Waals surface area contributed by atoms with Gasteiger partial charge in [0.1, 0.15) is 0 Å². The van der Waals surface area contributed by atoms with Gasteiger partial charge in [-0.2, -0.15) is 0 Å². The normalized spacial score (nSPS) is 21.9. The fourth-order valence-corrected chi connectivity index (χ4v) is 1.81. The largest absolute Gasteiger partial charge is 0.382 e. The third kappa shape index (κ3) is 2.70. The molecule has 1 saturated heterocycles. The Bertz CT molecular complexity index is 254. The van der Waals surface area contributed by atoms with Crippen LogP contribution in [0.1, 0.15) is 19.3 Å². The molecule has 0 bridgehead atoms. The standard InChI is InChI=1S/C11H17N3/c1-2-7-13-11(4-1)9-14-10-5-3-6-12-8-10/h3,5-6,8,11,13-14H,1-2,4,7,9H2. The first kappa shape index (κ1) is 9.46. The molecule has 1 aliphatic rings. The van der Waals surface area contributed by atoms with Gasteiger partial charge in [0.15, 0.2) is 0 Å². The average Bonchev–Trinajstić information content (AvgIpc) is 2.29. The molecule has 0 aliphatic carbocycles. The average molecular weight is 191 g/mol. The van der Waals surface area contributed by atoms with Crippen molar-refractivity contribution in [3.05, 3.63) is 24.5 Å². The molecule has 2 rings (SSSR count). The van der Waals surface area contributed by atoms with Crippen LogP contribution in [0.25, 0.3) is 0 Å². The Kier molecular flexibility index (Phi) is 3.35. The first-order valence-electron chi connectivity index (χ1n) is 5.32. The molecule has 0 aromatic carbocycles. The molecule has 3 nitrogen and oxygen atoms in total. The van der Waals surface area contributed by atoms with Gasteiger partial charge < -0.3 is 10.6 Å². The summed E-state index contributed by atoms with van der Waals surface area (Å²) in [7, 11) is 0. The lowest BCUT2D eigenvalue weighted by Gasteiger charge is -2.23. The minimum absolute atomic E-state index is 0.629. The van der Waals surface area contributed by atoms with Crippen LogP contribution in [0.4, 0.5) is 5.69 Å². The van der Waals surface area contributed by atoms with Crippen LogP contribution in [-0.2, 0) is 0 Å². The summed E-state index contributed by atoms with van der Waals surface area (Å²) < 4.78 is 0. The second-order valence-electron chi connectivity index (χ2n) is 3.77. The van der Waals surface area contributed by atoms with E-state index in [-0.39, 0.29) is 0 Å². The van der Waals surface area contributed by atoms with Crippen molar-refractivity contribution in [3.8, 4) is 0 Å². The van der Waals surface area contributed by atoms with Crippen LogP contribution < -0.4 is 10.6 Å². The molecule has 0 saturated carbocycles. The van der Waals surface area contributed by atoms with E-state index in [1.165, 1.54) is 25.8 Å². The maximum Gasteiger partial charge on any atom is 0.0527 e. The summed E-state index contributed by atoms with van der Waals surface area (Å²) in [6.45, 7) is 2.17. The Balaban J connectivity index is 1.76. The Morgan fingerprint density at radius 1 is 1.50 bits per heavy atom. The van der Waals surface area contributed by atoms with Crippen molar-refractivity contribution in [1.82, 2.24) is 10.3 Å². The quantitative estimate of drug-likeness (QED) is 0.762. The first-order valence-corrected chi connectivity index (χ1v) is 5.32. The maximum absolute atomic E-state index is 4.07. The fraction of sp³-hybridized carbons (Fsp3) is 0.545. The summed E-state index contributed by atoms with van der Waals surface area (Å²) in [4.78, 5) is 4.07. The van der Waals surface area contributed by atoms with Gasteiger partial charge >= 0.3 is 0 Å². The zero-order valence-corrected chi connectivity index (χ0v) is 8.37. The number of nitrogens with one attached hydrogen (secondary N) is 2. The number of hydrogen-bond donors (Lipinski definition) is 2. The third-order valence-electron chi connectivity index (χ3n) is 2.63. The Labute approximate surface area is 84.9 Å². The smallest absolute Gasteiger partial charge is 0.0527 e. The minimum Gasteiger partial charge on any atom is -0.382 e. The summed E-state index contributed by atoms with van der Waals surface area (Å²) in [5.41, 5.74) is 1.11. The minimum atomic E-state index is 0.629. The number of piperidine rings is 1. The molecule has 1 atom stereocenters. The zero-order valence-electron chi connectivity index (χ0n) is 8.37. The summed E-state index contributed by atoms with van der Waals surface area (Å²) in [5.74, 6) is 0. The molecule has 0 spiro atoms. The van der Waals surface area contributed by atoms with Crippen molar-refractivity contribution in [1.29, 1.82) is 0 Å². The van der Waals surface area contributed by atoms with Crippen molar-refractivity contribution < 1.29 is 0 Å². The summed E-state index contributed by atoms with van der Waals surface area (Å²) in [6, 6.07) is 4.64. The van der Waals surface area contributed by atoms with E-state index in [9.17, 15) is 0 Å². The van der Waals surface area contributed by atoms with E-state index in [2.05, 4.69) is 21.7 Å². The molecule has 14 heavy (non-hydrogen) atoms. The van der Waals surface area contributed by atoms with E-state index in [1.807, 2.05) is 12.3 Å². The molecule has 0 amide bonds. The summed E-state index contributed by atoms with van der Waals surface area (Å²) in [5, 5.41) is 6.90. The molecular formula is C11H17N3. The molecule has 0 radical (unpaired) electrons. The highest BCUT2D eigenvalue weighted by Gasteiger charge is 2.11. The van der Waals surface area contributed by atoms with Crippen LogP contribution in [0.2, 0.25) is 0 Å². The van der Waals surface area contributed by atoms with Gasteiger partial charge in [-0.05, 0) is 31.5 Å². The number of pyridine rings is 1. The Morgan fingerprint density at radius 3 is 3.21 bits per heavy atom. The molecule has 1 unspecified atom stereocenters. The fourth-order valence-electron chi connectivity index (χ4n) is 1.81. The first-order chi connectivity index (χ1) is 6.95. The van der Waals surface area contributed by atoms with Gasteiger partial charge in [0, 0.05) is 25.0 Å². The highest BCUT2D eigenvalue weighted by atomic mass is 15.0. The van der Waals surface area contributed by atoms with Gasteiger partial charge in [-0.25, -0.2) is 0 Å². The van der Waals surface area contributed by atoms with E-state index in [0.29, 0.717) is 6.04 Å². The molecule has 76 valence electrons. The van der Waals surface area contributed by atoms with Gasteiger partial charge in [0.25, 0.3) is 0 Å². The SMILES string of the molecule is c1cncc(NCC2CCCCN2)c1. The van der Waals surface area contributed by atoms with Crippen LogP contribution in [0.3, 0.4) is 0 Å². The topological polar surface area (TPSA) is 37.0 Å². The van der Waals surface area contributed by atoms with Crippen molar-refractivity contribution >= 4 is 5.69 Å². The van der Waals surface area contributed by atoms with E-state index < -0.39 is 0 Å². The van der Waals surface area contributed by atoms with Gasteiger partial charge in [-0.3, -0.25) is 4.98 Å². The second kappa shape index (κ2) is 4.96. The van der Waals surface area contributed by atoms with Gasteiger partial charge in [0.05, 0.1) is 5.69 Å². The monoisotopic (exact) mass is 191 g/mol. The molecule has 1 aliphatic heterocycles. The maximum atomic E-state index is 4.07. The predicted molar refractivity (Wildman–Crippen MR) is 58.4 cm³/mol. The lowest BCUT2D eigenvalue weighted by Crippen LogP contribution is -2.39. The van der Waals surface area contributed by atoms with Gasteiger partial charge in [-0.1, -0.05) is 6.42 Å².